The van der Waals surface area contributed by atoms with Crippen LogP contribution in [0.1, 0.15) is 37.9 Å². The number of esters is 1. The van der Waals surface area contributed by atoms with Crippen LogP contribution in [0.15, 0.2) is 53.1 Å². The lowest BCUT2D eigenvalue weighted by Crippen LogP contribution is -2.15. The molecular weight excluding hydrogens is 370 g/mol. The van der Waals surface area contributed by atoms with Gasteiger partial charge in [-0.3, -0.25) is 4.79 Å². The van der Waals surface area contributed by atoms with Gasteiger partial charge in [0.2, 0.25) is 5.78 Å². The van der Waals surface area contributed by atoms with Crippen molar-refractivity contribution in [3.05, 3.63) is 76.9 Å². The van der Waals surface area contributed by atoms with Crippen LogP contribution in [0.4, 0.5) is 0 Å². The minimum atomic E-state index is -0.625. The zero-order valence-electron chi connectivity index (χ0n) is 16.3. The Morgan fingerprint density at radius 1 is 1.10 bits per heavy atom. The number of furan rings is 1. The van der Waals surface area contributed by atoms with Gasteiger partial charge in [-0.05, 0) is 45.0 Å². The number of hydrogen-bond donors (Lipinski definition) is 0. The van der Waals surface area contributed by atoms with Crippen LogP contribution in [0, 0.1) is 20.8 Å². The van der Waals surface area contributed by atoms with Crippen LogP contribution in [-0.4, -0.2) is 33.1 Å². The molecule has 0 radical (unpaired) electrons. The van der Waals surface area contributed by atoms with Gasteiger partial charge in [-0.25, -0.2) is 14.5 Å². The van der Waals surface area contributed by atoms with E-state index in [2.05, 4.69) is 10.1 Å². The van der Waals surface area contributed by atoms with E-state index >= 15 is 0 Å². The molecule has 7 nitrogen and oxygen atoms in total. The molecule has 146 valence electrons. The second-order valence-corrected chi connectivity index (χ2v) is 6.80. The number of fused-ring (bicyclic) bond motifs is 1. The van der Waals surface area contributed by atoms with E-state index in [0.717, 1.165) is 22.3 Å². The summed E-state index contributed by atoms with van der Waals surface area (Å²) in [6.45, 7) is 5.23. The Balaban J connectivity index is 1.44. The average Bonchev–Trinajstić information content (AvgIpc) is 3.25. The Labute approximate surface area is 166 Å². The molecule has 0 unspecified atom stereocenters. The molecule has 0 saturated carbocycles. The van der Waals surface area contributed by atoms with Crippen LogP contribution in [-0.2, 0) is 4.74 Å². The molecule has 7 heteroatoms. The topological polar surface area (TPSA) is 87.2 Å². The maximum absolute atomic E-state index is 12.5. The monoisotopic (exact) mass is 389 g/mol. The molecule has 29 heavy (non-hydrogen) atoms. The number of aryl methyl sites for hydroxylation is 3. The van der Waals surface area contributed by atoms with E-state index in [4.69, 9.17) is 9.15 Å². The standard InChI is InChI=1S/C22H19N3O4/c1-13-10-14(2)25(24-13)20-9-8-16(11-23-20)22(27)28-12-18(26)21-15(3)17-6-4-5-7-19(17)29-21/h4-11H,12H2,1-3H3. The van der Waals surface area contributed by atoms with Gasteiger partial charge in [-0.1, -0.05) is 18.2 Å². The maximum atomic E-state index is 12.5. The predicted molar refractivity (Wildman–Crippen MR) is 106 cm³/mol. The molecule has 0 fully saturated rings. The summed E-state index contributed by atoms with van der Waals surface area (Å²) in [7, 11) is 0. The Kier molecular flexibility index (Phi) is 4.72. The summed E-state index contributed by atoms with van der Waals surface area (Å²) < 4.78 is 12.5. The average molecular weight is 389 g/mol. The molecule has 0 aliphatic rings. The highest BCUT2D eigenvalue weighted by Gasteiger charge is 2.19. The first kappa shape index (κ1) is 18.6. The van der Waals surface area contributed by atoms with E-state index in [1.165, 1.54) is 6.20 Å². The Bertz CT molecular complexity index is 1220. The van der Waals surface area contributed by atoms with Gasteiger partial charge in [0.05, 0.1) is 11.3 Å². The normalized spacial score (nSPS) is 11.0. The van der Waals surface area contributed by atoms with Crippen molar-refractivity contribution in [2.24, 2.45) is 0 Å². The van der Waals surface area contributed by atoms with E-state index in [-0.39, 0.29) is 17.1 Å². The van der Waals surface area contributed by atoms with Gasteiger partial charge in [0.25, 0.3) is 0 Å². The number of nitrogens with zero attached hydrogens (tertiary/aromatic N) is 3. The van der Waals surface area contributed by atoms with Gasteiger partial charge < -0.3 is 9.15 Å². The smallest absolute Gasteiger partial charge is 0.340 e. The maximum Gasteiger partial charge on any atom is 0.340 e. The second kappa shape index (κ2) is 7.35. The van der Waals surface area contributed by atoms with Crippen molar-refractivity contribution < 1.29 is 18.7 Å². The minimum Gasteiger partial charge on any atom is -0.454 e. The minimum absolute atomic E-state index is 0.206. The number of carbonyl (C=O) groups excluding carboxylic acids is 2. The lowest BCUT2D eigenvalue weighted by molar-refractivity contribution is 0.0467. The van der Waals surface area contributed by atoms with Crippen LogP contribution in [0.3, 0.4) is 0 Å². The number of rotatable bonds is 5. The van der Waals surface area contributed by atoms with Crippen molar-refractivity contribution in [3.8, 4) is 5.82 Å². The molecule has 3 aromatic heterocycles. The summed E-state index contributed by atoms with van der Waals surface area (Å²) in [5.41, 5.74) is 3.44. The van der Waals surface area contributed by atoms with Gasteiger partial charge in [-0.2, -0.15) is 5.10 Å². The van der Waals surface area contributed by atoms with Gasteiger partial charge in [0, 0.05) is 22.8 Å². The van der Waals surface area contributed by atoms with Crippen molar-refractivity contribution in [1.82, 2.24) is 14.8 Å². The van der Waals surface area contributed by atoms with Gasteiger partial charge in [0.15, 0.2) is 18.2 Å². The molecule has 3 heterocycles. The summed E-state index contributed by atoms with van der Waals surface area (Å²) in [5.74, 6) is -0.211. The van der Waals surface area contributed by atoms with Crippen molar-refractivity contribution >= 4 is 22.7 Å². The van der Waals surface area contributed by atoms with Gasteiger partial charge in [-0.15, -0.1) is 0 Å². The summed E-state index contributed by atoms with van der Waals surface area (Å²) in [4.78, 5) is 29.0. The van der Waals surface area contributed by atoms with Crippen LogP contribution in [0.5, 0.6) is 0 Å². The Hall–Kier alpha value is -3.74. The summed E-state index contributed by atoms with van der Waals surface area (Å²) in [6, 6.07) is 12.6. The lowest BCUT2D eigenvalue weighted by atomic mass is 10.1. The molecule has 4 rings (SSSR count). The molecule has 0 N–H and O–H groups in total. The number of para-hydroxylation sites is 1. The van der Waals surface area contributed by atoms with E-state index in [9.17, 15) is 9.59 Å². The molecule has 0 spiro atoms. The van der Waals surface area contributed by atoms with Crippen LogP contribution in [0.2, 0.25) is 0 Å². The third-order valence-electron chi connectivity index (χ3n) is 4.64. The highest BCUT2D eigenvalue weighted by atomic mass is 16.5. The fourth-order valence-corrected chi connectivity index (χ4v) is 3.21. The summed E-state index contributed by atoms with van der Waals surface area (Å²) in [5, 5.41) is 5.22. The third-order valence-corrected chi connectivity index (χ3v) is 4.64. The van der Waals surface area contributed by atoms with Crippen LogP contribution in [0.25, 0.3) is 16.8 Å². The highest BCUT2D eigenvalue weighted by Crippen LogP contribution is 2.25. The fourth-order valence-electron chi connectivity index (χ4n) is 3.21. The number of hydrogen-bond acceptors (Lipinski definition) is 6. The quantitative estimate of drug-likeness (QED) is 0.379. The first-order valence-electron chi connectivity index (χ1n) is 9.12. The van der Waals surface area contributed by atoms with Crippen molar-refractivity contribution in [1.29, 1.82) is 0 Å². The number of pyridine rings is 1. The Morgan fingerprint density at radius 3 is 2.55 bits per heavy atom. The number of ether oxygens (including phenoxy) is 1. The molecule has 4 aromatic rings. The van der Waals surface area contributed by atoms with Crippen molar-refractivity contribution in [2.75, 3.05) is 6.61 Å². The van der Waals surface area contributed by atoms with Crippen LogP contribution >= 0.6 is 0 Å². The summed E-state index contributed by atoms with van der Waals surface area (Å²) in [6.07, 6.45) is 1.41. The molecular formula is C22H19N3O4. The molecule has 1 aromatic carbocycles. The number of Topliss-reactive ketones (excluding diaryl/α,β-unsaturated/α-hetero) is 1. The Morgan fingerprint density at radius 2 is 1.90 bits per heavy atom. The molecule has 0 bridgehead atoms. The van der Waals surface area contributed by atoms with Gasteiger partial charge >= 0.3 is 5.97 Å². The number of carbonyl (C=O) groups is 2. The number of ketones is 1. The van der Waals surface area contributed by atoms with E-state index in [1.54, 1.807) is 22.9 Å². The molecule has 0 saturated heterocycles. The highest BCUT2D eigenvalue weighted by molar-refractivity contribution is 6.02. The number of aromatic nitrogens is 3. The zero-order chi connectivity index (χ0) is 20.5. The molecule has 0 atom stereocenters. The lowest BCUT2D eigenvalue weighted by Gasteiger charge is -2.06. The predicted octanol–water partition coefficient (Wildman–Crippen LogP) is 3.98. The third kappa shape index (κ3) is 3.54. The first-order chi connectivity index (χ1) is 13.9. The van der Waals surface area contributed by atoms with E-state index < -0.39 is 12.6 Å². The molecule has 0 aliphatic heterocycles. The van der Waals surface area contributed by atoms with Gasteiger partial charge in [0.1, 0.15) is 5.58 Å². The van der Waals surface area contributed by atoms with Crippen molar-refractivity contribution in [3.63, 3.8) is 0 Å². The second-order valence-electron chi connectivity index (χ2n) is 6.80. The van der Waals surface area contributed by atoms with Crippen LogP contribution < -0.4 is 0 Å². The summed E-state index contributed by atoms with van der Waals surface area (Å²) >= 11 is 0. The first-order valence-corrected chi connectivity index (χ1v) is 9.12. The SMILES string of the molecule is Cc1cc(C)n(-c2ccc(C(=O)OCC(=O)c3oc4ccccc4c3C)cn2)n1. The largest absolute Gasteiger partial charge is 0.454 e. The molecule has 0 aliphatic carbocycles. The number of benzene rings is 1. The van der Waals surface area contributed by atoms with Crippen molar-refractivity contribution in [2.45, 2.75) is 20.8 Å². The molecule has 0 amide bonds. The fraction of sp³-hybridized carbons (Fsp3) is 0.182. The zero-order valence-corrected chi connectivity index (χ0v) is 16.3. The van der Waals surface area contributed by atoms with E-state index in [0.29, 0.717) is 11.4 Å². The van der Waals surface area contributed by atoms with E-state index in [1.807, 2.05) is 45.0 Å².